The number of hydrogen-bond donors (Lipinski definition) is 2. The van der Waals surface area contributed by atoms with Crippen LogP contribution in [0.4, 0.5) is 5.69 Å². The van der Waals surface area contributed by atoms with E-state index in [2.05, 4.69) is 17.5 Å². The minimum atomic E-state index is -0.716. The Morgan fingerprint density at radius 2 is 1.77 bits per heavy atom. The fourth-order valence-corrected chi connectivity index (χ4v) is 3.97. The van der Waals surface area contributed by atoms with Gasteiger partial charge < -0.3 is 10.4 Å². The third-order valence-corrected chi connectivity index (χ3v) is 5.33. The summed E-state index contributed by atoms with van der Waals surface area (Å²) in [4.78, 5) is 23.3. The average molecular weight is 297 g/mol. The van der Waals surface area contributed by atoms with Crippen LogP contribution in [0.2, 0.25) is 0 Å². The predicted octanol–water partition coefficient (Wildman–Crippen LogP) is 3.03. The molecule has 1 aromatic rings. The number of fused-ring (bicyclic) bond motifs is 2. The highest BCUT2D eigenvalue weighted by molar-refractivity contribution is 5.93. The van der Waals surface area contributed by atoms with Crippen LogP contribution in [-0.2, 0) is 9.59 Å². The van der Waals surface area contributed by atoms with E-state index in [1.54, 1.807) is 0 Å². The average Bonchev–Trinajstić information content (AvgIpc) is 3.04. The zero-order valence-electron chi connectivity index (χ0n) is 12.2. The molecule has 2 N–H and O–H groups in total. The number of carboxylic acids is 1. The summed E-state index contributed by atoms with van der Waals surface area (Å²) in [6.07, 6.45) is 7.22. The van der Waals surface area contributed by atoms with Crippen LogP contribution in [0, 0.1) is 23.7 Å². The largest absolute Gasteiger partial charge is 0.481 e. The number of aliphatic carboxylic acids is 1. The van der Waals surface area contributed by atoms with Crippen molar-refractivity contribution in [2.75, 3.05) is 5.32 Å². The molecule has 0 heterocycles. The molecule has 2 bridgehead atoms. The van der Waals surface area contributed by atoms with Crippen molar-refractivity contribution in [1.82, 2.24) is 0 Å². The fraction of sp³-hybridized carbons (Fsp3) is 0.444. The lowest BCUT2D eigenvalue weighted by Crippen LogP contribution is -2.25. The van der Waals surface area contributed by atoms with Gasteiger partial charge in [0.05, 0.1) is 5.92 Å². The van der Waals surface area contributed by atoms with Crippen LogP contribution in [0.1, 0.15) is 30.7 Å². The number of allylic oxidation sites excluding steroid dienone is 2. The van der Waals surface area contributed by atoms with E-state index in [4.69, 9.17) is 5.11 Å². The van der Waals surface area contributed by atoms with E-state index in [1.807, 2.05) is 24.3 Å². The molecule has 0 radical (unpaired) electrons. The minimum absolute atomic E-state index is 0.106. The smallest absolute Gasteiger partial charge is 0.307 e. The monoisotopic (exact) mass is 297 g/mol. The lowest BCUT2D eigenvalue weighted by molar-refractivity contribution is -0.138. The Kier molecular flexibility index (Phi) is 3.06. The SMILES string of the molecule is O=C(Nc1ccc([C@@H]2C[C@H]2C(=O)O)cc1)C1CC2C=CC1C2. The van der Waals surface area contributed by atoms with Crippen LogP contribution in [0.25, 0.3) is 0 Å². The molecule has 5 atom stereocenters. The van der Waals surface area contributed by atoms with Crippen molar-refractivity contribution in [2.45, 2.75) is 25.2 Å². The first kappa shape index (κ1) is 13.6. The Balaban J connectivity index is 1.38. The van der Waals surface area contributed by atoms with Gasteiger partial charge in [0.25, 0.3) is 0 Å². The lowest BCUT2D eigenvalue weighted by Gasteiger charge is -2.17. The quantitative estimate of drug-likeness (QED) is 0.839. The highest BCUT2D eigenvalue weighted by Crippen LogP contribution is 2.47. The van der Waals surface area contributed by atoms with Gasteiger partial charge in [0.2, 0.25) is 5.91 Å². The summed E-state index contributed by atoms with van der Waals surface area (Å²) in [7, 11) is 0. The maximum Gasteiger partial charge on any atom is 0.307 e. The number of nitrogens with one attached hydrogen (secondary N) is 1. The van der Waals surface area contributed by atoms with Gasteiger partial charge in [-0.05, 0) is 54.7 Å². The zero-order valence-corrected chi connectivity index (χ0v) is 12.2. The van der Waals surface area contributed by atoms with Gasteiger partial charge in [0.15, 0.2) is 0 Å². The number of amides is 1. The number of carboxylic acid groups (broad SMARTS) is 1. The molecular formula is C18H19NO3. The van der Waals surface area contributed by atoms with Crippen molar-refractivity contribution in [2.24, 2.45) is 23.7 Å². The number of carbonyl (C=O) groups is 2. The highest BCUT2D eigenvalue weighted by atomic mass is 16.4. The Morgan fingerprint density at radius 3 is 2.32 bits per heavy atom. The molecule has 3 aliphatic rings. The molecule has 3 aliphatic carbocycles. The van der Waals surface area contributed by atoms with Gasteiger partial charge in [0, 0.05) is 11.6 Å². The van der Waals surface area contributed by atoms with Gasteiger partial charge in [0.1, 0.15) is 0 Å². The third kappa shape index (κ3) is 2.32. The number of rotatable bonds is 4. The molecule has 4 nitrogen and oxygen atoms in total. The molecule has 114 valence electrons. The van der Waals surface area contributed by atoms with E-state index in [0.29, 0.717) is 11.8 Å². The van der Waals surface area contributed by atoms with E-state index in [1.165, 1.54) is 0 Å². The first-order valence-electron chi connectivity index (χ1n) is 7.94. The zero-order chi connectivity index (χ0) is 15.3. The molecule has 2 saturated carbocycles. The normalized spacial score (nSPS) is 34.6. The van der Waals surface area contributed by atoms with Gasteiger partial charge >= 0.3 is 5.97 Å². The topological polar surface area (TPSA) is 66.4 Å². The summed E-state index contributed by atoms with van der Waals surface area (Å²) in [6, 6.07) is 7.63. The second-order valence-corrected chi connectivity index (χ2v) is 6.78. The number of benzene rings is 1. The van der Waals surface area contributed by atoms with Crippen LogP contribution in [0.15, 0.2) is 36.4 Å². The van der Waals surface area contributed by atoms with Crippen molar-refractivity contribution in [3.8, 4) is 0 Å². The molecule has 4 heteroatoms. The third-order valence-electron chi connectivity index (χ3n) is 5.33. The van der Waals surface area contributed by atoms with Crippen molar-refractivity contribution in [3.05, 3.63) is 42.0 Å². The number of carbonyl (C=O) groups excluding carboxylic acids is 1. The summed E-state index contributed by atoms with van der Waals surface area (Å²) >= 11 is 0. The van der Waals surface area contributed by atoms with Gasteiger partial charge in [-0.25, -0.2) is 0 Å². The first-order chi connectivity index (χ1) is 10.6. The number of hydrogen-bond acceptors (Lipinski definition) is 2. The Hall–Kier alpha value is -2.10. The van der Waals surface area contributed by atoms with Crippen molar-refractivity contribution >= 4 is 17.6 Å². The molecule has 0 saturated heterocycles. The van der Waals surface area contributed by atoms with Crippen LogP contribution in [-0.4, -0.2) is 17.0 Å². The van der Waals surface area contributed by atoms with Crippen LogP contribution < -0.4 is 5.32 Å². The van der Waals surface area contributed by atoms with Crippen LogP contribution >= 0.6 is 0 Å². The van der Waals surface area contributed by atoms with Crippen molar-refractivity contribution in [1.29, 1.82) is 0 Å². The second kappa shape index (κ2) is 4.97. The maximum atomic E-state index is 12.4. The summed E-state index contributed by atoms with van der Waals surface area (Å²) in [5.74, 6) is 0.401. The lowest BCUT2D eigenvalue weighted by atomic mass is 9.93. The summed E-state index contributed by atoms with van der Waals surface area (Å²) < 4.78 is 0. The molecule has 0 aliphatic heterocycles. The van der Waals surface area contributed by atoms with Gasteiger partial charge in [-0.1, -0.05) is 24.3 Å². The Bertz CT molecular complexity index is 649. The summed E-state index contributed by atoms with van der Waals surface area (Å²) in [5.41, 5.74) is 1.85. The van der Waals surface area contributed by atoms with Gasteiger partial charge in [-0.2, -0.15) is 0 Å². The minimum Gasteiger partial charge on any atom is -0.481 e. The molecule has 2 fully saturated rings. The summed E-state index contributed by atoms with van der Waals surface area (Å²) in [5, 5.41) is 12.0. The molecule has 0 spiro atoms. The molecule has 3 unspecified atom stereocenters. The van der Waals surface area contributed by atoms with E-state index >= 15 is 0 Å². The van der Waals surface area contributed by atoms with Crippen molar-refractivity contribution in [3.63, 3.8) is 0 Å². The van der Waals surface area contributed by atoms with E-state index in [9.17, 15) is 9.59 Å². The standard InChI is InChI=1S/C18H19NO3/c20-17(15-8-10-1-2-12(15)7-10)19-13-5-3-11(4-6-13)14-9-16(14)18(21)22/h1-6,10,12,14-16H,7-9H2,(H,19,20)(H,21,22)/t10?,12?,14-,15?,16+/m0/s1. The predicted molar refractivity (Wildman–Crippen MR) is 82.4 cm³/mol. The number of anilines is 1. The van der Waals surface area contributed by atoms with Crippen molar-refractivity contribution < 1.29 is 14.7 Å². The van der Waals surface area contributed by atoms with E-state index in [-0.39, 0.29) is 23.7 Å². The molecule has 1 amide bonds. The summed E-state index contributed by atoms with van der Waals surface area (Å²) in [6.45, 7) is 0. The van der Waals surface area contributed by atoms with Gasteiger partial charge in [-0.15, -0.1) is 0 Å². The van der Waals surface area contributed by atoms with Crippen LogP contribution in [0.5, 0.6) is 0 Å². The second-order valence-electron chi connectivity index (χ2n) is 6.78. The Labute approximate surface area is 129 Å². The van der Waals surface area contributed by atoms with Gasteiger partial charge in [-0.3, -0.25) is 9.59 Å². The first-order valence-corrected chi connectivity index (χ1v) is 7.94. The molecule has 0 aromatic heterocycles. The molecule has 4 rings (SSSR count). The van der Waals surface area contributed by atoms with E-state index in [0.717, 1.165) is 30.5 Å². The van der Waals surface area contributed by atoms with Crippen LogP contribution in [0.3, 0.4) is 0 Å². The van der Waals surface area contributed by atoms with E-state index < -0.39 is 5.97 Å². The Morgan fingerprint density at radius 1 is 1.00 bits per heavy atom. The molecular weight excluding hydrogens is 278 g/mol. The maximum absolute atomic E-state index is 12.4. The highest BCUT2D eigenvalue weighted by Gasteiger charge is 2.44. The fourth-order valence-electron chi connectivity index (χ4n) is 3.97. The molecule has 1 aromatic carbocycles. The molecule has 22 heavy (non-hydrogen) atoms.